The molecule has 4 rings (SSSR count). The van der Waals surface area contributed by atoms with Crippen LogP contribution < -0.4 is 4.90 Å². The number of rotatable bonds is 5. The fourth-order valence-electron chi connectivity index (χ4n) is 3.30. The zero-order valence-corrected chi connectivity index (χ0v) is 16.6. The Hall–Kier alpha value is -2.57. The number of hydrogen-bond donors (Lipinski definition) is 0. The van der Waals surface area contributed by atoms with Gasteiger partial charge in [0.15, 0.2) is 0 Å². The molecule has 6 heteroatoms. The van der Waals surface area contributed by atoms with E-state index in [1.807, 2.05) is 41.3 Å². The van der Waals surface area contributed by atoms with Crippen LogP contribution in [0.3, 0.4) is 0 Å². The number of anilines is 1. The molecule has 2 heterocycles. The van der Waals surface area contributed by atoms with Crippen molar-refractivity contribution in [2.75, 3.05) is 24.7 Å². The van der Waals surface area contributed by atoms with E-state index in [1.165, 1.54) is 16.9 Å². The standard InChI is InChI=1S/C21H22N4OS/c1-4-24(5-2)13-25-17-9-7-6-8-15(17)19(20(25)26)23-21-22-16-11-10-14(3)12-18(16)27-21/h6-12H,4-5,13H2,1-3H3/b23-19-. The van der Waals surface area contributed by atoms with Gasteiger partial charge in [-0.25, -0.2) is 9.98 Å². The molecular formula is C21H22N4OS. The Morgan fingerprint density at radius 3 is 2.70 bits per heavy atom. The summed E-state index contributed by atoms with van der Waals surface area (Å²) in [5, 5.41) is 0.624. The zero-order chi connectivity index (χ0) is 19.0. The molecule has 1 amide bonds. The highest BCUT2D eigenvalue weighted by molar-refractivity contribution is 7.22. The van der Waals surface area contributed by atoms with Crippen LogP contribution in [-0.4, -0.2) is 41.3 Å². The van der Waals surface area contributed by atoms with Gasteiger partial charge in [0, 0.05) is 5.56 Å². The largest absolute Gasteiger partial charge is 0.293 e. The van der Waals surface area contributed by atoms with Crippen LogP contribution in [0.25, 0.3) is 10.2 Å². The second kappa shape index (κ2) is 7.21. The number of hydrogen-bond acceptors (Lipinski definition) is 5. The van der Waals surface area contributed by atoms with Crippen molar-refractivity contribution in [3.8, 4) is 0 Å². The Morgan fingerprint density at radius 2 is 1.93 bits per heavy atom. The van der Waals surface area contributed by atoms with E-state index in [-0.39, 0.29) is 5.91 Å². The van der Waals surface area contributed by atoms with Gasteiger partial charge in [0.05, 0.1) is 22.6 Å². The number of fused-ring (bicyclic) bond motifs is 2. The first kappa shape index (κ1) is 17.8. The van der Waals surface area contributed by atoms with Gasteiger partial charge in [0.1, 0.15) is 5.71 Å². The topological polar surface area (TPSA) is 48.8 Å². The average molecular weight is 379 g/mol. The predicted molar refractivity (Wildman–Crippen MR) is 112 cm³/mol. The Bertz CT molecular complexity index is 1040. The monoisotopic (exact) mass is 378 g/mol. The van der Waals surface area contributed by atoms with Crippen molar-refractivity contribution < 1.29 is 4.79 Å². The highest BCUT2D eigenvalue weighted by Gasteiger charge is 2.34. The van der Waals surface area contributed by atoms with Crippen molar-refractivity contribution in [1.82, 2.24) is 9.88 Å². The van der Waals surface area contributed by atoms with Gasteiger partial charge in [-0.05, 0) is 43.8 Å². The number of nitrogens with zero attached hydrogens (tertiary/aromatic N) is 4. The van der Waals surface area contributed by atoms with Crippen LogP contribution in [0, 0.1) is 6.92 Å². The molecule has 1 aliphatic rings. The molecule has 1 aliphatic heterocycles. The van der Waals surface area contributed by atoms with E-state index < -0.39 is 0 Å². The van der Waals surface area contributed by atoms with E-state index in [4.69, 9.17) is 0 Å². The van der Waals surface area contributed by atoms with Gasteiger partial charge >= 0.3 is 0 Å². The molecular weight excluding hydrogens is 356 g/mol. The van der Waals surface area contributed by atoms with E-state index in [0.29, 0.717) is 17.5 Å². The Kier molecular flexibility index (Phi) is 4.76. The summed E-state index contributed by atoms with van der Waals surface area (Å²) in [4.78, 5) is 26.5. The molecule has 0 unspecified atom stereocenters. The second-order valence-corrected chi connectivity index (χ2v) is 7.63. The first-order valence-electron chi connectivity index (χ1n) is 9.20. The Labute approximate surface area is 163 Å². The summed E-state index contributed by atoms with van der Waals surface area (Å²) in [6, 6.07) is 14.0. The number of carbonyl (C=O) groups excluding carboxylic acids is 1. The number of para-hydroxylation sites is 1. The summed E-state index contributed by atoms with van der Waals surface area (Å²) in [7, 11) is 0. The van der Waals surface area contributed by atoms with Crippen molar-refractivity contribution >= 4 is 44.0 Å². The second-order valence-electron chi connectivity index (χ2n) is 6.62. The molecule has 27 heavy (non-hydrogen) atoms. The van der Waals surface area contributed by atoms with E-state index in [1.54, 1.807) is 0 Å². The molecule has 5 nitrogen and oxygen atoms in total. The molecule has 0 atom stereocenters. The minimum Gasteiger partial charge on any atom is -0.293 e. The number of aryl methyl sites for hydroxylation is 1. The van der Waals surface area contributed by atoms with Crippen molar-refractivity contribution in [3.05, 3.63) is 53.6 Å². The molecule has 3 aromatic rings. The van der Waals surface area contributed by atoms with Crippen LogP contribution in [0.15, 0.2) is 47.5 Å². The number of benzene rings is 2. The summed E-state index contributed by atoms with van der Waals surface area (Å²) < 4.78 is 1.09. The lowest BCUT2D eigenvalue weighted by molar-refractivity contribution is -0.112. The number of carbonyl (C=O) groups is 1. The number of thiazole rings is 1. The highest BCUT2D eigenvalue weighted by Crippen LogP contribution is 2.33. The molecule has 0 saturated carbocycles. The molecule has 0 fully saturated rings. The molecule has 0 saturated heterocycles. The first-order chi connectivity index (χ1) is 13.1. The first-order valence-corrected chi connectivity index (χ1v) is 10.0. The van der Waals surface area contributed by atoms with E-state index in [9.17, 15) is 4.79 Å². The molecule has 2 aromatic carbocycles. The van der Waals surface area contributed by atoms with E-state index in [0.717, 1.165) is 34.6 Å². The molecule has 0 radical (unpaired) electrons. The summed E-state index contributed by atoms with van der Waals surface area (Å²) in [5.74, 6) is -0.0569. The van der Waals surface area contributed by atoms with Crippen molar-refractivity contribution in [3.63, 3.8) is 0 Å². The van der Waals surface area contributed by atoms with Gasteiger partial charge < -0.3 is 0 Å². The number of amides is 1. The lowest BCUT2D eigenvalue weighted by atomic mass is 10.1. The Balaban J connectivity index is 1.75. The normalized spacial score (nSPS) is 15.3. The zero-order valence-electron chi connectivity index (χ0n) is 15.8. The Morgan fingerprint density at radius 1 is 1.15 bits per heavy atom. The maximum atomic E-state index is 13.1. The SMILES string of the molecule is CCN(CC)CN1C(=O)/C(=N\c2nc3ccc(C)cc3s2)c2ccccc21. The fourth-order valence-corrected chi connectivity index (χ4v) is 4.24. The predicted octanol–water partition coefficient (Wildman–Crippen LogP) is 4.37. The molecule has 138 valence electrons. The minimum absolute atomic E-state index is 0.0569. The van der Waals surface area contributed by atoms with Crippen molar-refractivity contribution in [1.29, 1.82) is 0 Å². The van der Waals surface area contributed by atoms with Crippen LogP contribution in [-0.2, 0) is 4.79 Å². The summed E-state index contributed by atoms with van der Waals surface area (Å²) in [6.45, 7) is 8.63. The number of aromatic nitrogens is 1. The summed E-state index contributed by atoms with van der Waals surface area (Å²) in [5.41, 5.74) is 4.39. The lowest BCUT2D eigenvalue weighted by Gasteiger charge is -2.25. The third-order valence-electron chi connectivity index (χ3n) is 4.87. The van der Waals surface area contributed by atoms with Crippen LogP contribution in [0.1, 0.15) is 25.0 Å². The van der Waals surface area contributed by atoms with Gasteiger partial charge in [0.25, 0.3) is 5.91 Å². The lowest BCUT2D eigenvalue weighted by Crippen LogP contribution is -2.41. The molecule has 0 bridgehead atoms. The molecule has 0 N–H and O–H groups in total. The van der Waals surface area contributed by atoms with Gasteiger partial charge in [-0.15, -0.1) is 0 Å². The van der Waals surface area contributed by atoms with Crippen LogP contribution in [0.5, 0.6) is 0 Å². The van der Waals surface area contributed by atoms with Crippen LogP contribution in [0.2, 0.25) is 0 Å². The summed E-state index contributed by atoms with van der Waals surface area (Å²) >= 11 is 1.52. The molecule has 0 spiro atoms. The highest BCUT2D eigenvalue weighted by atomic mass is 32.1. The van der Waals surface area contributed by atoms with Crippen LogP contribution >= 0.6 is 11.3 Å². The quantitative estimate of drug-likeness (QED) is 0.662. The van der Waals surface area contributed by atoms with Crippen molar-refractivity contribution in [2.45, 2.75) is 20.8 Å². The minimum atomic E-state index is -0.0569. The van der Waals surface area contributed by atoms with Gasteiger partial charge in [0.2, 0.25) is 5.13 Å². The van der Waals surface area contributed by atoms with E-state index >= 15 is 0 Å². The van der Waals surface area contributed by atoms with Crippen molar-refractivity contribution in [2.24, 2.45) is 4.99 Å². The fraction of sp³-hybridized carbons (Fsp3) is 0.286. The maximum absolute atomic E-state index is 13.1. The smallest absolute Gasteiger partial charge is 0.278 e. The van der Waals surface area contributed by atoms with Gasteiger partial charge in [-0.3, -0.25) is 14.6 Å². The molecule has 1 aromatic heterocycles. The maximum Gasteiger partial charge on any atom is 0.278 e. The average Bonchev–Trinajstić information content (AvgIpc) is 3.19. The third-order valence-corrected chi connectivity index (χ3v) is 5.79. The van der Waals surface area contributed by atoms with Crippen LogP contribution in [0.4, 0.5) is 10.8 Å². The van der Waals surface area contributed by atoms with Gasteiger partial charge in [-0.1, -0.05) is 49.4 Å². The summed E-state index contributed by atoms with van der Waals surface area (Å²) in [6.07, 6.45) is 0. The van der Waals surface area contributed by atoms with E-state index in [2.05, 4.69) is 41.7 Å². The van der Waals surface area contributed by atoms with Gasteiger partial charge in [-0.2, -0.15) is 0 Å². The molecule has 0 aliphatic carbocycles. The number of aliphatic imine (C=N–C) groups is 1. The third kappa shape index (κ3) is 3.26.